The van der Waals surface area contributed by atoms with Gasteiger partial charge in [-0.3, -0.25) is 0 Å². The molecule has 0 aliphatic rings. The van der Waals surface area contributed by atoms with Crippen LogP contribution in [0.25, 0.3) is 0 Å². The Morgan fingerprint density at radius 2 is 1.68 bits per heavy atom. The van der Waals surface area contributed by atoms with Gasteiger partial charge in [0.05, 0.1) is 10.0 Å². The minimum Gasteiger partial charge on any atom is -0.542 e. The first-order chi connectivity index (χ1) is 9.83. The summed E-state index contributed by atoms with van der Waals surface area (Å²) in [6, 6.07) is 1.81. The van der Waals surface area contributed by atoms with Crippen LogP contribution in [0.4, 0.5) is 0 Å². The molecule has 0 spiro atoms. The number of halogens is 2. The largest absolute Gasteiger partial charge is 0.542 e. The van der Waals surface area contributed by atoms with E-state index in [1.165, 1.54) is 0 Å². The maximum absolute atomic E-state index is 6.64. The summed E-state index contributed by atoms with van der Waals surface area (Å²) in [5.41, 5.74) is 5.06. The molecular formula is C17H25Cl2OSi2. The van der Waals surface area contributed by atoms with Crippen LogP contribution in [-0.4, -0.2) is 17.1 Å². The first-order valence-corrected chi connectivity index (χ1v) is 14.0. The van der Waals surface area contributed by atoms with Gasteiger partial charge in [0.15, 0.2) is 0 Å². The molecular weight excluding hydrogens is 347 g/mol. The van der Waals surface area contributed by atoms with Crippen LogP contribution in [0.3, 0.4) is 0 Å². The predicted octanol–water partition coefficient (Wildman–Crippen LogP) is 6.15. The Labute approximate surface area is 148 Å². The second kappa shape index (κ2) is 7.01. The Balaban J connectivity index is 3.63. The third-order valence-corrected chi connectivity index (χ3v) is 4.99. The van der Waals surface area contributed by atoms with Gasteiger partial charge in [-0.1, -0.05) is 69.5 Å². The molecule has 0 saturated carbocycles. The van der Waals surface area contributed by atoms with Crippen molar-refractivity contribution in [3.63, 3.8) is 0 Å². The SMILES string of the molecule is C[Si](C)Oc1cc(Cl)c(C#C[Si](C)(C)C)c(C(C)(C)C)c1Cl. The monoisotopic (exact) mass is 371 g/mol. The van der Waals surface area contributed by atoms with Crippen molar-refractivity contribution in [2.24, 2.45) is 0 Å². The van der Waals surface area contributed by atoms with Gasteiger partial charge in [0.2, 0.25) is 0 Å². The Hall–Kier alpha value is -0.406. The highest BCUT2D eigenvalue weighted by molar-refractivity contribution is 6.83. The van der Waals surface area contributed by atoms with Gasteiger partial charge in [0.25, 0.3) is 9.04 Å². The quantitative estimate of drug-likeness (QED) is 0.447. The van der Waals surface area contributed by atoms with Gasteiger partial charge >= 0.3 is 0 Å². The van der Waals surface area contributed by atoms with Crippen molar-refractivity contribution in [2.45, 2.75) is 58.9 Å². The highest BCUT2D eigenvalue weighted by atomic mass is 35.5. The zero-order valence-electron chi connectivity index (χ0n) is 14.7. The predicted molar refractivity (Wildman–Crippen MR) is 103 cm³/mol. The van der Waals surface area contributed by atoms with Gasteiger partial charge < -0.3 is 4.43 Å². The first kappa shape index (κ1) is 19.6. The van der Waals surface area contributed by atoms with Crippen LogP contribution >= 0.6 is 23.2 Å². The molecule has 121 valence electrons. The van der Waals surface area contributed by atoms with Crippen molar-refractivity contribution in [2.75, 3.05) is 0 Å². The molecule has 1 rings (SSSR count). The Bertz CT molecular complexity index is 615. The van der Waals surface area contributed by atoms with E-state index in [1.807, 2.05) is 6.07 Å². The lowest BCUT2D eigenvalue weighted by Crippen LogP contribution is -2.19. The average molecular weight is 372 g/mol. The topological polar surface area (TPSA) is 9.23 Å². The van der Waals surface area contributed by atoms with Crippen LogP contribution < -0.4 is 4.43 Å². The number of hydrogen-bond acceptors (Lipinski definition) is 1. The summed E-state index contributed by atoms with van der Waals surface area (Å²) >= 11 is 13.2. The number of hydrogen-bond donors (Lipinski definition) is 0. The van der Waals surface area contributed by atoms with Gasteiger partial charge in [0, 0.05) is 11.6 Å². The molecule has 0 fully saturated rings. The van der Waals surface area contributed by atoms with Gasteiger partial charge in [-0.2, -0.15) is 0 Å². The van der Waals surface area contributed by atoms with Crippen LogP contribution in [0.1, 0.15) is 31.9 Å². The standard InChI is InChI=1S/C17H25Cl2OSi2/c1-17(2,3)15-12(9-10-22(6,7)8)13(18)11-14(16(15)19)20-21(4)5/h11H,1-8H3. The van der Waals surface area contributed by atoms with Crippen molar-refractivity contribution in [1.82, 2.24) is 0 Å². The molecule has 0 heterocycles. The van der Waals surface area contributed by atoms with E-state index in [9.17, 15) is 0 Å². The van der Waals surface area contributed by atoms with E-state index in [4.69, 9.17) is 27.6 Å². The van der Waals surface area contributed by atoms with Gasteiger partial charge in [-0.15, -0.1) is 5.54 Å². The van der Waals surface area contributed by atoms with E-state index in [0.29, 0.717) is 15.8 Å². The maximum Gasteiger partial charge on any atom is 0.274 e. The maximum atomic E-state index is 6.64. The fourth-order valence-corrected chi connectivity index (χ4v) is 3.85. The lowest BCUT2D eigenvalue weighted by molar-refractivity contribution is 0.560. The highest BCUT2D eigenvalue weighted by Gasteiger charge is 2.26. The molecule has 0 aliphatic carbocycles. The summed E-state index contributed by atoms with van der Waals surface area (Å²) in [5.74, 6) is 3.97. The average Bonchev–Trinajstić information content (AvgIpc) is 2.27. The molecule has 0 unspecified atom stereocenters. The van der Waals surface area contributed by atoms with Crippen LogP contribution in [0.2, 0.25) is 42.8 Å². The van der Waals surface area contributed by atoms with Crippen molar-refractivity contribution in [1.29, 1.82) is 0 Å². The van der Waals surface area contributed by atoms with E-state index in [0.717, 1.165) is 11.1 Å². The van der Waals surface area contributed by atoms with E-state index >= 15 is 0 Å². The molecule has 1 aromatic rings. The van der Waals surface area contributed by atoms with Crippen LogP contribution in [0, 0.1) is 11.5 Å². The third-order valence-electron chi connectivity index (χ3n) is 2.81. The molecule has 0 atom stereocenters. The van der Waals surface area contributed by atoms with E-state index in [1.54, 1.807) is 0 Å². The third kappa shape index (κ3) is 5.35. The van der Waals surface area contributed by atoms with Crippen LogP contribution in [0.5, 0.6) is 5.75 Å². The zero-order chi connectivity index (χ0) is 17.3. The molecule has 0 saturated heterocycles. The normalized spacial score (nSPS) is 12.1. The zero-order valence-corrected chi connectivity index (χ0v) is 18.3. The molecule has 0 aliphatic heterocycles. The molecule has 0 amide bonds. The van der Waals surface area contributed by atoms with Crippen LogP contribution in [0.15, 0.2) is 6.07 Å². The lowest BCUT2D eigenvalue weighted by atomic mass is 9.83. The molecule has 5 heteroatoms. The Kier molecular flexibility index (Phi) is 6.25. The molecule has 0 N–H and O–H groups in total. The van der Waals surface area contributed by atoms with Crippen LogP contribution in [-0.2, 0) is 5.41 Å². The second-order valence-electron chi connectivity index (χ2n) is 7.68. The fraction of sp³-hybridized carbons (Fsp3) is 0.529. The summed E-state index contributed by atoms with van der Waals surface area (Å²) in [6.45, 7) is 17.2. The lowest BCUT2D eigenvalue weighted by Gasteiger charge is -2.25. The molecule has 0 aromatic heterocycles. The van der Waals surface area contributed by atoms with Crippen molar-refractivity contribution in [3.05, 3.63) is 27.2 Å². The summed E-state index contributed by atoms with van der Waals surface area (Å²) in [5, 5.41) is 1.27. The van der Waals surface area contributed by atoms with Gasteiger partial charge in [0.1, 0.15) is 13.8 Å². The molecule has 22 heavy (non-hydrogen) atoms. The minimum atomic E-state index is -1.49. The Morgan fingerprint density at radius 3 is 2.09 bits per heavy atom. The Morgan fingerprint density at radius 1 is 1.14 bits per heavy atom. The minimum absolute atomic E-state index is 0.155. The fourth-order valence-electron chi connectivity index (χ4n) is 1.97. The van der Waals surface area contributed by atoms with Gasteiger partial charge in [-0.25, -0.2) is 0 Å². The number of benzene rings is 1. The summed E-state index contributed by atoms with van der Waals surface area (Å²) in [7, 11) is -2.40. The van der Waals surface area contributed by atoms with E-state index in [2.05, 4.69) is 65.0 Å². The molecule has 1 aromatic carbocycles. The van der Waals surface area contributed by atoms with Crippen molar-refractivity contribution < 1.29 is 4.43 Å². The smallest absolute Gasteiger partial charge is 0.274 e. The first-order valence-electron chi connectivity index (χ1n) is 7.36. The summed E-state index contributed by atoms with van der Waals surface area (Å²) < 4.78 is 5.91. The highest BCUT2D eigenvalue weighted by Crippen LogP contribution is 2.42. The van der Waals surface area contributed by atoms with E-state index < -0.39 is 17.1 Å². The number of rotatable bonds is 2. The van der Waals surface area contributed by atoms with Crippen molar-refractivity contribution >= 4 is 40.3 Å². The van der Waals surface area contributed by atoms with Crippen molar-refractivity contribution in [3.8, 4) is 17.2 Å². The summed E-state index contributed by atoms with van der Waals surface area (Å²) in [6.07, 6.45) is 0. The second-order valence-corrected chi connectivity index (χ2v) is 15.2. The van der Waals surface area contributed by atoms with E-state index in [-0.39, 0.29) is 5.41 Å². The summed E-state index contributed by atoms with van der Waals surface area (Å²) in [4.78, 5) is 0. The van der Waals surface area contributed by atoms with Gasteiger partial charge in [-0.05, 0) is 24.1 Å². The molecule has 0 bridgehead atoms. The molecule has 1 radical (unpaired) electrons. The molecule has 1 nitrogen and oxygen atoms in total.